The second-order valence-electron chi connectivity index (χ2n) is 9.95. The van der Waals surface area contributed by atoms with Crippen LogP contribution in [-0.2, 0) is 0 Å². The summed E-state index contributed by atoms with van der Waals surface area (Å²) in [6, 6.07) is 0.653. The maximum Gasteiger partial charge on any atom is 0.00412 e. The predicted molar refractivity (Wildman–Crippen MR) is 125 cm³/mol. The minimum absolute atomic E-state index is 0.653. The molecule has 6 unspecified atom stereocenters. The van der Waals surface area contributed by atoms with Gasteiger partial charge in [0.15, 0.2) is 0 Å². The molecule has 0 rings (SSSR count). The van der Waals surface area contributed by atoms with Crippen molar-refractivity contribution < 1.29 is 0 Å². The maximum atomic E-state index is 3.61. The Kier molecular flexibility index (Phi) is 15.8. The standard InChI is InChI=1S/C26H55N/c1-10-14-15-24(19-25(11-2)20(5)6)17-16-21(7)26(12-3)22(8)18-23(9)27-13-4/h20-27H,10-19H2,1-9H3. The molecule has 0 saturated carbocycles. The summed E-state index contributed by atoms with van der Waals surface area (Å²) in [5.41, 5.74) is 0. The van der Waals surface area contributed by atoms with E-state index in [-0.39, 0.29) is 0 Å². The zero-order valence-electron chi connectivity index (χ0n) is 20.6. The largest absolute Gasteiger partial charge is 0.315 e. The summed E-state index contributed by atoms with van der Waals surface area (Å²) in [6.45, 7) is 22.7. The molecule has 1 nitrogen and oxygen atoms in total. The fourth-order valence-corrected chi connectivity index (χ4v) is 5.45. The van der Waals surface area contributed by atoms with Crippen LogP contribution < -0.4 is 5.32 Å². The van der Waals surface area contributed by atoms with Crippen LogP contribution in [0.4, 0.5) is 0 Å². The third-order valence-corrected chi connectivity index (χ3v) is 7.31. The molecule has 0 aromatic rings. The van der Waals surface area contributed by atoms with Gasteiger partial charge in [0.1, 0.15) is 0 Å². The van der Waals surface area contributed by atoms with Crippen LogP contribution in [0.15, 0.2) is 0 Å². The van der Waals surface area contributed by atoms with E-state index in [1.807, 2.05) is 0 Å². The van der Waals surface area contributed by atoms with E-state index in [2.05, 4.69) is 67.6 Å². The highest BCUT2D eigenvalue weighted by Crippen LogP contribution is 2.35. The van der Waals surface area contributed by atoms with Gasteiger partial charge in [0, 0.05) is 6.04 Å². The molecule has 0 radical (unpaired) electrons. The lowest BCUT2D eigenvalue weighted by molar-refractivity contribution is 0.190. The van der Waals surface area contributed by atoms with Gasteiger partial charge in [0.2, 0.25) is 0 Å². The third kappa shape index (κ3) is 11.5. The van der Waals surface area contributed by atoms with Crippen molar-refractivity contribution in [1.29, 1.82) is 0 Å². The van der Waals surface area contributed by atoms with Crippen molar-refractivity contribution in [3.8, 4) is 0 Å². The van der Waals surface area contributed by atoms with Gasteiger partial charge in [-0.05, 0) is 61.8 Å². The van der Waals surface area contributed by atoms with Crippen LogP contribution in [0.1, 0.15) is 120 Å². The Morgan fingerprint density at radius 3 is 1.85 bits per heavy atom. The molecule has 6 atom stereocenters. The first-order chi connectivity index (χ1) is 12.8. The lowest BCUT2D eigenvalue weighted by atomic mass is 9.74. The van der Waals surface area contributed by atoms with Crippen LogP contribution in [0.3, 0.4) is 0 Å². The molecular formula is C26H55N. The van der Waals surface area contributed by atoms with Gasteiger partial charge < -0.3 is 5.32 Å². The first-order valence-corrected chi connectivity index (χ1v) is 12.5. The molecular weight excluding hydrogens is 326 g/mol. The van der Waals surface area contributed by atoms with Crippen LogP contribution >= 0.6 is 0 Å². The van der Waals surface area contributed by atoms with Crippen molar-refractivity contribution in [2.24, 2.45) is 35.5 Å². The van der Waals surface area contributed by atoms with Crippen LogP contribution in [0.5, 0.6) is 0 Å². The molecule has 0 fully saturated rings. The lowest BCUT2D eigenvalue weighted by Gasteiger charge is -2.32. The number of unbranched alkanes of at least 4 members (excludes halogenated alkanes) is 1. The fourth-order valence-electron chi connectivity index (χ4n) is 5.45. The molecule has 1 heteroatoms. The fraction of sp³-hybridized carbons (Fsp3) is 1.00. The van der Waals surface area contributed by atoms with Crippen LogP contribution in [0.2, 0.25) is 0 Å². The normalized spacial score (nSPS) is 18.9. The quantitative estimate of drug-likeness (QED) is 0.267. The Morgan fingerprint density at radius 2 is 1.37 bits per heavy atom. The number of rotatable bonds is 17. The maximum absolute atomic E-state index is 3.61. The topological polar surface area (TPSA) is 12.0 Å². The molecule has 0 aliphatic heterocycles. The highest BCUT2D eigenvalue weighted by atomic mass is 14.9. The van der Waals surface area contributed by atoms with Gasteiger partial charge >= 0.3 is 0 Å². The lowest BCUT2D eigenvalue weighted by Crippen LogP contribution is -2.31. The second-order valence-corrected chi connectivity index (χ2v) is 9.95. The van der Waals surface area contributed by atoms with Gasteiger partial charge in [-0.1, -0.05) is 100 Å². The smallest absolute Gasteiger partial charge is 0.00412 e. The van der Waals surface area contributed by atoms with Gasteiger partial charge in [-0.25, -0.2) is 0 Å². The van der Waals surface area contributed by atoms with E-state index in [9.17, 15) is 0 Å². The third-order valence-electron chi connectivity index (χ3n) is 7.31. The Bertz CT molecular complexity index is 324. The van der Waals surface area contributed by atoms with E-state index in [0.717, 1.165) is 42.1 Å². The predicted octanol–water partition coefficient (Wildman–Crippen LogP) is 8.33. The Labute approximate surface area is 173 Å². The van der Waals surface area contributed by atoms with Crippen molar-refractivity contribution in [2.45, 2.75) is 126 Å². The van der Waals surface area contributed by atoms with Gasteiger partial charge in [0.25, 0.3) is 0 Å². The Hall–Kier alpha value is -0.0400. The molecule has 0 aliphatic carbocycles. The summed E-state index contributed by atoms with van der Waals surface area (Å²) in [7, 11) is 0. The average Bonchev–Trinajstić information content (AvgIpc) is 2.61. The highest BCUT2D eigenvalue weighted by Gasteiger charge is 2.25. The van der Waals surface area contributed by atoms with Crippen molar-refractivity contribution in [2.75, 3.05) is 6.54 Å². The molecule has 0 spiro atoms. The molecule has 0 bridgehead atoms. The molecule has 0 saturated heterocycles. The summed E-state index contributed by atoms with van der Waals surface area (Å²) < 4.78 is 0. The van der Waals surface area contributed by atoms with Gasteiger partial charge in [0.05, 0.1) is 0 Å². The van der Waals surface area contributed by atoms with Crippen LogP contribution in [-0.4, -0.2) is 12.6 Å². The molecule has 164 valence electrons. The van der Waals surface area contributed by atoms with E-state index in [1.54, 1.807) is 0 Å². The van der Waals surface area contributed by atoms with Crippen molar-refractivity contribution in [3.05, 3.63) is 0 Å². The van der Waals surface area contributed by atoms with E-state index in [0.29, 0.717) is 6.04 Å². The van der Waals surface area contributed by atoms with E-state index in [4.69, 9.17) is 0 Å². The summed E-state index contributed by atoms with van der Waals surface area (Å²) in [5.74, 6) is 5.28. The first kappa shape index (κ1) is 27.0. The van der Waals surface area contributed by atoms with E-state index < -0.39 is 0 Å². The van der Waals surface area contributed by atoms with E-state index >= 15 is 0 Å². The van der Waals surface area contributed by atoms with E-state index in [1.165, 1.54) is 57.8 Å². The number of hydrogen-bond acceptors (Lipinski definition) is 1. The Balaban J connectivity index is 4.70. The molecule has 0 aromatic heterocycles. The van der Waals surface area contributed by atoms with Crippen molar-refractivity contribution in [3.63, 3.8) is 0 Å². The number of nitrogens with one attached hydrogen (secondary N) is 1. The van der Waals surface area contributed by atoms with Gasteiger partial charge in [-0.15, -0.1) is 0 Å². The first-order valence-electron chi connectivity index (χ1n) is 12.5. The number of hydrogen-bond donors (Lipinski definition) is 1. The molecule has 0 aliphatic rings. The Morgan fingerprint density at radius 1 is 0.704 bits per heavy atom. The second kappa shape index (κ2) is 15.8. The summed E-state index contributed by atoms with van der Waals surface area (Å²) in [4.78, 5) is 0. The monoisotopic (exact) mass is 381 g/mol. The summed E-state index contributed by atoms with van der Waals surface area (Å²) >= 11 is 0. The zero-order chi connectivity index (χ0) is 20.8. The molecule has 27 heavy (non-hydrogen) atoms. The minimum Gasteiger partial charge on any atom is -0.315 e. The molecule has 0 aromatic carbocycles. The molecule has 0 heterocycles. The summed E-state index contributed by atoms with van der Waals surface area (Å²) in [5, 5.41) is 3.61. The van der Waals surface area contributed by atoms with Crippen LogP contribution in [0.25, 0.3) is 0 Å². The highest BCUT2D eigenvalue weighted by molar-refractivity contribution is 4.77. The average molecular weight is 382 g/mol. The minimum atomic E-state index is 0.653. The SMILES string of the molecule is CCCCC(CCC(C)C(CC)C(C)CC(C)NCC)CC(CC)C(C)C. The summed E-state index contributed by atoms with van der Waals surface area (Å²) in [6.07, 6.45) is 12.6. The molecule has 0 amide bonds. The van der Waals surface area contributed by atoms with Crippen molar-refractivity contribution >= 4 is 0 Å². The van der Waals surface area contributed by atoms with Gasteiger partial charge in [-0.3, -0.25) is 0 Å². The molecule has 1 N–H and O–H groups in total. The zero-order valence-corrected chi connectivity index (χ0v) is 20.6. The van der Waals surface area contributed by atoms with Crippen molar-refractivity contribution in [1.82, 2.24) is 5.32 Å². The van der Waals surface area contributed by atoms with Gasteiger partial charge in [-0.2, -0.15) is 0 Å². The van der Waals surface area contributed by atoms with Crippen LogP contribution in [0, 0.1) is 35.5 Å².